The fourth-order valence-electron chi connectivity index (χ4n) is 1.61. The van der Waals surface area contributed by atoms with E-state index < -0.39 is 11.8 Å². The molecule has 22 heavy (non-hydrogen) atoms. The topological polar surface area (TPSA) is 83.4 Å². The molecule has 1 aromatic heterocycles. The minimum Gasteiger partial charge on any atom is -0.469 e. The molecule has 0 unspecified atom stereocenters. The van der Waals surface area contributed by atoms with Gasteiger partial charge in [0, 0.05) is 10.6 Å². The maximum Gasteiger partial charge on any atom is 0.273 e. The molecule has 1 heterocycles. The number of carbonyl (C=O) groups excluding carboxylic acids is 2. The molecule has 2 rings (SSSR count). The number of aryl methyl sites for hydroxylation is 1. The number of carbonyl (C=O) groups is 2. The monoisotopic (exact) mass is 337 g/mol. The predicted octanol–water partition coefficient (Wildman–Crippen LogP) is 2.19. The van der Waals surface area contributed by atoms with Crippen LogP contribution in [-0.4, -0.2) is 16.9 Å². The summed E-state index contributed by atoms with van der Waals surface area (Å²) < 4.78 is 5.02. The zero-order valence-electron chi connectivity index (χ0n) is 11.5. The van der Waals surface area contributed by atoms with Gasteiger partial charge in [-0.1, -0.05) is 11.6 Å². The van der Waals surface area contributed by atoms with E-state index in [2.05, 4.69) is 16.2 Å². The van der Waals surface area contributed by atoms with E-state index in [4.69, 9.17) is 28.2 Å². The number of nitrogens with one attached hydrogen (secondary N) is 3. The Morgan fingerprint density at radius 2 is 1.77 bits per heavy atom. The highest BCUT2D eigenvalue weighted by Gasteiger charge is 2.12. The number of halogens is 1. The van der Waals surface area contributed by atoms with Crippen molar-refractivity contribution in [2.75, 3.05) is 0 Å². The minimum absolute atomic E-state index is 0.0329. The second-order valence-electron chi connectivity index (χ2n) is 4.26. The van der Waals surface area contributed by atoms with Crippen molar-refractivity contribution in [2.24, 2.45) is 0 Å². The zero-order valence-corrected chi connectivity index (χ0v) is 13.0. The number of amides is 2. The molecule has 0 aliphatic heterocycles. The van der Waals surface area contributed by atoms with Crippen LogP contribution in [0.25, 0.3) is 0 Å². The van der Waals surface area contributed by atoms with Crippen LogP contribution in [0.5, 0.6) is 0 Å². The van der Waals surface area contributed by atoms with Crippen molar-refractivity contribution in [3.05, 3.63) is 58.5 Å². The van der Waals surface area contributed by atoms with Crippen molar-refractivity contribution in [3.63, 3.8) is 0 Å². The Labute approximate surface area is 136 Å². The molecule has 0 fully saturated rings. The van der Waals surface area contributed by atoms with Crippen LogP contribution in [0.15, 0.2) is 41.0 Å². The summed E-state index contributed by atoms with van der Waals surface area (Å²) in [5.41, 5.74) is 5.58. The Hall–Kier alpha value is -2.38. The van der Waals surface area contributed by atoms with Crippen LogP contribution in [0.1, 0.15) is 26.5 Å². The smallest absolute Gasteiger partial charge is 0.273 e. The lowest BCUT2D eigenvalue weighted by Gasteiger charge is -2.10. The first-order valence-corrected chi connectivity index (χ1v) is 6.97. The van der Waals surface area contributed by atoms with Crippen molar-refractivity contribution in [2.45, 2.75) is 6.92 Å². The Morgan fingerprint density at radius 1 is 1.09 bits per heavy atom. The van der Waals surface area contributed by atoms with Crippen LogP contribution in [0.4, 0.5) is 0 Å². The van der Waals surface area contributed by atoms with E-state index in [1.807, 2.05) is 0 Å². The maximum atomic E-state index is 11.9. The summed E-state index contributed by atoms with van der Waals surface area (Å²) >= 11 is 10.7. The molecule has 0 aliphatic carbocycles. The Balaban J connectivity index is 1.85. The van der Waals surface area contributed by atoms with Gasteiger partial charge in [0.2, 0.25) is 0 Å². The number of hydrogen-bond acceptors (Lipinski definition) is 4. The Bertz CT molecular complexity index is 712. The van der Waals surface area contributed by atoms with Crippen molar-refractivity contribution in [1.82, 2.24) is 16.2 Å². The highest BCUT2D eigenvalue weighted by atomic mass is 35.5. The van der Waals surface area contributed by atoms with Gasteiger partial charge in [-0.15, -0.1) is 0 Å². The lowest BCUT2D eigenvalue weighted by atomic mass is 10.2. The van der Waals surface area contributed by atoms with Gasteiger partial charge in [-0.05, 0) is 49.5 Å². The molecule has 6 nitrogen and oxygen atoms in total. The van der Waals surface area contributed by atoms with E-state index in [9.17, 15) is 9.59 Å². The minimum atomic E-state index is -0.422. The molecule has 0 saturated heterocycles. The number of hydrogen-bond donors (Lipinski definition) is 3. The van der Waals surface area contributed by atoms with Gasteiger partial charge in [0.1, 0.15) is 5.76 Å². The summed E-state index contributed by atoms with van der Waals surface area (Å²) in [6.07, 6.45) is 1.41. The largest absolute Gasteiger partial charge is 0.469 e. The van der Waals surface area contributed by atoms with Crippen LogP contribution in [0.2, 0.25) is 5.02 Å². The molecule has 8 heteroatoms. The Morgan fingerprint density at radius 3 is 2.36 bits per heavy atom. The third-order valence-electron chi connectivity index (χ3n) is 2.73. The second-order valence-corrected chi connectivity index (χ2v) is 5.10. The van der Waals surface area contributed by atoms with Crippen molar-refractivity contribution in [3.8, 4) is 0 Å². The van der Waals surface area contributed by atoms with E-state index in [-0.39, 0.29) is 5.11 Å². The average Bonchev–Trinajstić information content (AvgIpc) is 2.91. The first-order chi connectivity index (χ1) is 10.5. The molecule has 0 atom stereocenters. The third kappa shape index (κ3) is 4.06. The molecular weight excluding hydrogens is 326 g/mol. The van der Waals surface area contributed by atoms with E-state index in [1.54, 1.807) is 31.2 Å². The quantitative estimate of drug-likeness (QED) is 0.578. The highest BCUT2D eigenvalue weighted by molar-refractivity contribution is 7.80. The van der Waals surface area contributed by atoms with Crippen LogP contribution in [0.3, 0.4) is 0 Å². The first-order valence-electron chi connectivity index (χ1n) is 6.18. The van der Waals surface area contributed by atoms with E-state index in [0.717, 1.165) is 0 Å². The Kier molecular flexibility index (Phi) is 5.13. The molecule has 0 radical (unpaired) electrons. The van der Waals surface area contributed by atoms with E-state index >= 15 is 0 Å². The van der Waals surface area contributed by atoms with Crippen LogP contribution in [0, 0.1) is 6.92 Å². The zero-order chi connectivity index (χ0) is 16.1. The van der Waals surface area contributed by atoms with Gasteiger partial charge in [0.05, 0.1) is 11.8 Å². The number of benzene rings is 1. The molecule has 114 valence electrons. The van der Waals surface area contributed by atoms with Crippen molar-refractivity contribution >= 4 is 40.7 Å². The van der Waals surface area contributed by atoms with Gasteiger partial charge in [0.15, 0.2) is 5.11 Å². The van der Waals surface area contributed by atoms with Gasteiger partial charge in [-0.3, -0.25) is 25.8 Å². The number of thiocarbonyl (C=S) groups is 1. The summed E-state index contributed by atoms with van der Waals surface area (Å²) in [4.78, 5) is 23.7. The van der Waals surface area contributed by atoms with E-state index in [1.165, 1.54) is 12.3 Å². The summed E-state index contributed by atoms with van der Waals surface area (Å²) in [5, 5.41) is 2.93. The van der Waals surface area contributed by atoms with E-state index in [0.29, 0.717) is 21.9 Å². The maximum absolute atomic E-state index is 11.9. The fraction of sp³-hybridized carbons (Fsp3) is 0.0714. The summed E-state index contributed by atoms with van der Waals surface area (Å²) in [6, 6.07) is 7.84. The van der Waals surface area contributed by atoms with Crippen molar-refractivity contribution in [1.29, 1.82) is 0 Å². The molecule has 0 aliphatic rings. The lowest BCUT2D eigenvalue weighted by Crippen LogP contribution is -2.48. The summed E-state index contributed by atoms with van der Waals surface area (Å²) in [7, 11) is 0. The van der Waals surface area contributed by atoms with Gasteiger partial charge in [0.25, 0.3) is 11.8 Å². The SMILES string of the molecule is Cc1occc1C(=O)NNC(=S)NC(=O)c1ccc(Cl)cc1. The second kappa shape index (κ2) is 7.06. The van der Waals surface area contributed by atoms with Gasteiger partial charge >= 0.3 is 0 Å². The molecule has 0 spiro atoms. The van der Waals surface area contributed by atoms with Crippen LogP contribution < -0.4 is 16.2 Å². The van der Waals surface area contributed by atoms with Crippen LogP contribution in [-0.2, 0) is 0 Å². The number of furan rings is 1. The molecule has 0 saturated carbocycles. The normalized spacial score (nSPS) is 9.91. The molecule has 1 aromatic carbocycles. The molecule has 2 aromatic rings. The van der Waals surface area contributed by atoms with Gasteiger partial charge in [-0.25, -0.2) is 0 Å². The third-order valence-corrected chi connectivity index (χ3v) is 3.18. The lowest BCUT2D eigenvalue weighted by molar-refractivity contribution is 0.0933. The van der Waals surface area contributed by atoms with Crippen molar-refractivity contribution < 1.29 is 14.0 Å². The molecular formula is C14H12ClN3O3S. The van der Waals surface area contributed by atoms with Gasteiger partial charge < -0.3 is 4.42 Å². The average molecular weight is 338 g/mol. The standard InChI is InChI=1S/C14H12ClN3O3S/c1-8-11(6-7-21-8)13(20)17-18-14(22)16-12(19)9-2-4-10(15)5-3-9/h2-7H,1H3,(H,17,20)(H2,16,18,19,22). The fourth-order valence-corrected chi connectivity index (χ4v) is 1.88. The molecule has 3 N–H and O–H groups in total. The van der Waals surface area contributed by atoms with Crippen LogP contribution >= 0.6 is 23.8 Å². The number of hydrazine groups is 1. The summed E-state index contributed by atoms with van der Waals surface area (Å²) in [6.45, 7) is 1.66. The molecule has 0 bridgehead atoms. The highest BCUT2D eigenvalue weighted by Crippen LogP contribution is 2.09. The molecule has 2 amide bonds. The predicted molar refractivity (Wildman–Crippen MR) is 85.6 cm³/mol. The number of rotatable bonds is 2. The summed E-state index contributed by atoms with van der Waals surface area (Å²) in [5.74, 6) is -0.354. The first kappa shape index (κ1) is 16.0. The van der Waals surface area contributed by atoms with Gasteiger partial charge in [-0.2, -0.15) is 0 Å².